The quantitative estimate of drug-likeness (QED) is 0.271. The predicted molar refractivity (Wildman–Crippen MR) is 110 cm³/mol. The first-order valence-electron chi connectivity index (χ1n) is 10.9. The van der Waals surface area contributed by atoms with E-state index in [2.05, 4.69) is 6.92 Å². The lowest BCUT2D eigenvalue weighted by atomic mass is 9.88. The van der Waals surface area contributed by atoms with Crippen molar-refractivity contribution in [1.29, 1.82) is 0 Å². The Balaban J connectivity index is 4.12. The molecule has 0 saturated heterocycles. The molecule has 0 aromatic carbocycles. The average Bonchev–Trinajstić information content (AvgIpc) is 2.54. The Morgan fingerprint density at radius 1 is 0.929 bits per heavy atom. The molecular formula is C22H43NO5. The molecule has 0 aliphatic heterocycles. The lowest BCUT2D eigenvalue weighted by Crippen LogP contribution is -2.56. The normalized spacial score (nSPS) is 15.2. The highest BCUT2D eigenvalue weighted by Gasteiger charge is 2.41. The standard InChI is InChI=1S/C22H43NO5/c1-5-6-7-8-9-10-11-12-13-14-15-19(24)16-20(25)22(28,17-21(26)27)18-23(2,3)4/h19,24,28H,5-18H2,1-4H3. The fraction of sp³-hybridized carbons (Fsp3) is 0.909. The maximum Gasteiger partial charge on any atom is 0.177 e. The summed E-state index contributed by atoms with van der Waals surface area (Å²) in [5.41, 5.74) is -2.00. The Kier molecular flexibility index (Phi) is 13.6. The topological polar surface area (TPSA) is 97.7 Å². The molecule has 166 valence electrons. The van der Waals surface area contributed by atoms with Gasteiger partial charge in [0.2, 0.25) is 0 Å². The van der Waals surface area contributed by atoms with Crippen molar-refractivity contribution in [3.05, 3.63) is 0 Å². The zero-order valence-electron chi connectivity index (χ0n) is 18.5. The zero-order chi connectivity index (χ0) is 21.6. The molecule has 0 aromatic rings. The summed E-state index contributed by atoms with van der Waals surface area (Å²) < 4.78 is 0.240. The number of carbonyl (C=O) groups excluding carboxylic acids is 2. The van der Waals surface area contributed by atoms with Crippen LogP contribution in [0, 0.1) is 0 Å². The van der Waals surface area contributed by atoms with E-state index < -0.39 is 29.9 Å². The number of quaternary nitrogens is 1. The molecule has 0 saturated carbocycles. The van der Waals surface area contributed by atoms with Crippen molar-refractivity contribution in [2.24, 2.45) is 0 Å². The van der Waals surface area contributed by atoms with Gasteiger partial charge in [-0.05, 0) is 6.42 Å². The van der Waals surface area contributed by atoms with Gasteiger partial charge in [-0.1, -0.05) is 71.1 Å². The summed E-state index contributed by atoms with van der Waals surface area (Å²) >= 11 is 0. The van der Waals surface area contributed by atoms with Crippen LogP contribution in [0.15, 0.2) is 0 Å². The van der Waals surface area contributed by atoms with Crippen molar-refractivity contribution in [1.82, 2.24) is 0 Å². The summed E-state index contributed by atoms with van der Waals surface area (Å²) in [4.78, 5) is 23.4. The molecule has 6 heteroatoms. The third kappa shape index (κ3) is 14.1. The summed E-state index contributed by atoms with van der Waals surface area (Å²) in [5, 5.41) is 31.7. The lowest BCUT2D eigenvalue weighted by Gasteiger charge is -2.35. The van der Waals surface area contributed by atoms with Gasteiger partial charge in [0.1, 0.15) is 6.54 Å². The largest absolute Gasteiger partial charge is 0.550 e. The average molecular weight is 402 g/mol. The van der Waals surface area contributed by atoms with E-state index in [1.165, 1.54) is 44.9 Å². The Bertz CT molecular complexity index is 447. The van der Waals surface area contributed by atoms with E-state index in [1.54, 1.807) is 21.1 Å². The Labute approximate surface area is 171 Å². The summed E-state index contributed by atoms with van der Waals surface area (Å²) in [6.07, 6.45) is 10.7. The number of Topliss-reactive ketones (excluding diaryl/α,β-unsaturated/α-hetero) is 1. The van der Waals surface area contributed by atoms with Crippen LogP contribution in [0.1, 0.15) is 90.4 Å². The minimum absolute atomic E-state index is 0.0369. The third-order valence-corrected chi connectivity index (χ3v) is 5.00. The summed E-state index contributed by atoms with van der Waals surface area (Å²) in [7, 11) is 5.31. The lowest BCUT2D eigenvalue weighted by molar-refractivity contribution is -0.875. The van der Waals surface area contributed by atoms with Gasteiger partial charge in [-0.15, -0.1) is 0 Å². The number of aliphatic carboxylic acids is 1. The molecule has 0 amide bonds. The molecule has 0 aliphatic carbocycles. The van der Waals surface area contributed by atoms with Gasteiger partial charge in [-0.3, -0.25) is 4.79 Å². The number of ketones is 1. The van der Waals surface area contributed by atoms with Crippen LogP contribution >= 0.6 is 0 Å². The molecule has 0 bridgehead atoms. The third-order valence-electron chi connectivity index (χ3n) is 5.00. The molecule has 0 aliphatic rings. The van der Waals surface area contributed by atoms with Gasteiger partial charge in [0.15, 0.2) is 11.4 Å². The van der Waals surface area contributed by atoms with Gasteiger partial charge < -0.3 is 24.6 Å². The first kappa shape index (κ1) is 27.0. The van der Waals surface area contributed by atoms with Crippen LogP contribution in [0.5, 0.6) is 0 Å². The number of carboxylic acids is 1. The molecule has 0 heterocycles. The number of aliphatic hydroxyl groups is 2. The fourth-order valence-corrected chi connectivity index (χ4v) is 3.64. The van der Waals surface area contributed by atoms with Gasteiger partial charge in [0, 0.05) is 18.8 Å². The zero-order valence-corrected chi connectivity index (χ0v) is 18.5. The molecule has 2 N–H and O–H groups in total. The number of aliphatic hydroxyl groups excluding tert-OH is 1. The van der Waals surface area contributed by atoms with Crippen molar-refractivity contribution in [2.45, 2.75) is 102 Å². The van der Waals surface area contributed by atoms with Gasteiger partial charge in [-0.25, -0.2) is 0 Å². The Morgan fingerprint density at radius 3 is 1.82 bits per heavy atom. The fourth-order valence-electron chi connectivity index (χ4n) is 3.64. The summed E-state index contributed by atoms with van der Waals surface area (Å²) in [6, 6.07) is 0. The smallest absolute Gasteiger partial charge is 0.177 e. The van der Waals surface area contributed by atoms with E-state index in [0.717, 1.165) is 19.3 Å². The number of unbranched alkanes of at least 4 members (excludes halogenated alkanes) is 9. The van der Waals surface area contributed by atoms with Crippen LogP contribution in [0.4, 0.5) is 0 Å². The summed E-state index contributed by atoms with van der Waals surface area (Å²) in [6.45, 7) is 2.18. The molecule has 2 atom stereocenters. The van der Waals surface area contributed by atoms with Crippen molar-refractivity contribution in [3.63, 3.8) is 0 Å². The van der Waals surface area contributed by atoms with Gasteiger partial charge >= 0.3 is 0 Å². The van der Waals surface area contributed by atoms with Crippen molar-refractivity contribution in [2.75, 3.05) is 27.7 Å². The van der Waals surface area contributed by atoms with Crippen LogP contribution in [-0.4, -0.2) is 65.8 Å². The number of hydrogen-bond donors (Lipinski definition) is 2. The van der Waals surface area contributed by atoms with E-state index in [-0.39, 0.29) is 17.4 Å². The van der Waals surface area contributed by atoms with Crippen LogP contribution in [0.3, 0.4) is 0 Å². The van der Waals surface area contributed by atoms with E-state index in [0.29, 0.717) is 6.42 Å². The van der Waals surface area contributed by atoms with Gasteiger partial charge in [0.25, 0.3) is 0 Å². The van der Waals surface area contributed by atoms with E-state index in [9.17, 15) is 24.9 Å². The molecular weight excluding hydrogens is 358 g/mol. The number of likely N-dealkylation sites (N-methyl/N-ethyl adjacent to an activating group) is 1. The SMILES string of the molecule is CCCCCCCCCCCCC(O)CC(=O)C(O)(CC(=O)[O-])C[N+](C)(C)C. The number of carboxylic acid groups (broad SMARTS) is 1. The van der Waals surface area contributed by atoms with E-state index in [1.807, 2.05) is 0 Å². The van der Waals surface area contributed by atoms with Crippen LogP contribution in [-0.2, 0) is 9.59 Å². The maximum atomic E-state index is 12.5. The number of rotatable bonds is 18. The monoisotopic (exact) mass is 401 g/mol. The van der Waals surface area contributed by atoms with Crippen LogP contribution in [0.2, 0.25) is 0 Å². The molecule has 0 fully saturated rings. The molecule has 0 radical (unpaired) electrons. The van der Waals surface area contributed by atoms with Gasteiger partial charge in [-0.2, -0.15) is 0 Å². The van der Waals surface area contributed by atoms with Crippen molar-refractivity contribution >= 4 is 11.8 Å². The minimum atomic E-state index is -2.00. The molecule has 28 heavy (non-hydrogen) atoms. The minimum Gasteiger partial charge on any atom is -0.550 e. The van der Waals surface area contributed by atoms with Crippen molar-refractivity contribution < 1.29 is 29.4 Å². The Hall–Kier alpha value is -0.980. The van der Waals surface area contributed by atoms with Crippen molar-refractivity contribution in [3.8, 4) is 0 Å². The number of nitrogens with zero attached hydrogens (tertiary/aromatic N) is 1. The second-order valence-electron chi connectivity index (χ2n) is 9.28. The molecule has 0 aromatic heterocycles. The number of carbonyl (C=O) groups is 2. The first-order chi connectivity index (χ1) is 13.0. The molecule has 6 nitrogen and oxygen atoms in total. The summed E-state index contributed by atoms with van der Waals surface area (Å²) in [5.74, 6) is -2.09. The maximum absolute atomic E-state index is 12.5. The van der Waals surface area contributed by atoms with Gasteiger partial charge in [0.05, 0.1) is 27.2 Å². The highest BCUT2D eigenvalue weighted by molar-refractivity contribution is 5.91. The second-order valence-corrected chi connectivity index (χ2v) is 9.28. The van der Waals surface area contributed by atoms with E-state index in [4.69, 9.17) is 0 Å². The highest BCUT2D eigenvalue weighted by Crippen LogP contribution is 2.20. The second kappa shape index (κ2) is 14.1. The predicted octanol–water partition coefficient (Wildman–Crippen LogP) is 2.19. The van der Waals surface area contributed by atoms with Crippen LogP contribution < -0.4 is 5.11 Å². The first-order valence-corrected chi connectivity index (χ1v) is 10.9. The van der Waals surface area contributed by atoms with E-state index >= 15 is 0 Å². The molecule has 0 rings (SSSR count). The highest BCUT2D eigenvalue weighted by atomic mass is 16.4. The molecule has 2 unspecified atom stereocenters. The molecule has 0 spiro atoms. The van der Waals surface area contributed by atoms with Crippen LogP contribution in [0.25, 0.3) is 0 Å². The Morgan fingerprint density at radius 2 is 1.39 bits per heavy atom. The number of hydrogen-bond acceptors (Lipinski definition) is 5.